The Bertz CT molecular complexity index is 1290. The first-order valence-electron chi connectivity index (χ1n) is 11.8. The number of hydrogen-bond donors (Lipinski definition) is 1. The Hall–Kier alpha value is -1.56. The second-order valence-electron chi connectivity index (χ2n) is 9.73. The number of benzene rings is 2. The molecule has 0 aromatic heterocycles. The van der Waals surface area contributed by atoms with E-state index in [0.717, 1.165) is 12.1 Å². The Kier molecular flexibility index (Phi) is 9.70. The average molecular weight is 615 g/mol. The van der Waals surface area contributed by atoms with Gasteiger partial charge in [-0.15, -0.1) is 0 Å². The summed E-state index contributed by atoms with van der Waals surface area (Å²) in [6.07, 6.45) is -3.09. The molecular formula is C25H29Cl3F3N3O3S. The first-order valence-corrected chi connectivity index (χ1v) is 14.8. The van der Waals surface area contributed by atoms with Crippen molar-refractivity contribution >= 4 is 50.7 Å². The number of sulfonamides is 1. The van der Waals surface area contributed by atoms with Gasteiger partial charge in [0.05, 0.1) is 32.3 Å². The van der Waals surface area contributed by atoms with E-state index >= 15 is 0 Å². The van der Waals surface area contributed by atoms with Crippen molar-refractivity contribution in [3.8, 4) is 0 Å². The predicted molar refractivity (Wildman–Crippen MR) is 144 cm³/mol. The fourth-order valence-electron chi connectivity index (χ4n) is 4.60. The minimum atomic E-state index is -4.62. The lowest BCUT2D eigenvalue weighted by Gasteiger charge is -2.40. The summed E-state index contributed by atoms with van der Waals surface area (Å²) in [5, 5.41) is 2.94. The van der Waals surface area contributed by atoms with E-state index in [1.165, 1.54) is 16.6 Å². The van der Waals surface area contributed by atoms with Crippen molar-refractivity contribution in [3.63, 3.8) is 0 Å². The fraction of sp³-hybridized carbons (Fsp3) is 0.480. The van der Waals surface area contributed by atoms with Gasteiger partial charge in [-0.05, 0) is 62.2 Å². The Labute approximate surface area is 236 Å². The summed E-state index contributed by atoms with van der Waals surface area (Å²) in [4.78, 5) is 15.7. The Morgan fingerprint density at radius 1 is 1.05 bits per heavy atom. The van der Waals surface area contributed by atoms with E-state index in [-0.39, 0.29) is 23.2 Å². The number of alkyl halides is 3. The third-order valence-corrected chi connectivity index (χ3v) is 9.31. The highest BCUT2D eigenvalue weighted by Gasteiger charge is 2.38. The quantitative estimate of drug-likeness (QED) is 0.421. The topological polar surface area (TPSA) is 69.7 Å². The van der Waals surface area contributed by atoms with Crippen molar-refractivity contribution in [2.45, 2.75) is 44.4 Å². The maximum atomic E-state index is 13.6. The molecule has 0 spiro atoms. The molecule has 1 unspecified atom stereocenters. The maximum absolute atomic E-state index is 13.6. The molecule has 2 aromatic rings. The highest BCUT2D eigenvalue weighted by Crippen LogP contribution is 2.36. The molecule has 210 valence electrons. The minimum absolute atomic E-state index is 0.139. The van der Waals surface area contributed by atoms with Gasteiger partial charge in [-0.1, -0.05) is 46.9 Å². The number of nitrogens with one attached hydrogen (secondary N) is 1. The molecule has 2 atom stereocenters. The van der Waals surface area contributed by atoms with Crippen LogP contribution in [0.3, 0.4) is 0 Å². The van der Waals surface area contributed by atoms with Crippen LogP contribution in [0, 0.1) is 0 Å². The summed E-state index contributed by atoms with van der Waals surface area (Å²) in [6.45, 7) is 5.25. The number of carbonyl (C=O) groups excluding carboxylic acids is 1. The molecule has 1 fully saturated rings. The zero-order valence-electron chi connectivity index (χ0n) is 21.1. The van der Waals surface area contributed by atoms with Crippen LogP contribution < -0.4 is 5.32 Å². The molecule has 3 rings (SSSR count). The van der Waals surface area contributed by atoms with Crippen LogP contribution in [-0.4, -0.2) is 62.0 Å². The molecule has 0 radical (unpaired) electrons. The molecule has 1 N–H and O–H groups in total. The van der Waals surface area contributed by atoms with E-state index in [1.54, 1.807) is 25.1 Å². The van der Waals surface area contributed by atoms with Gasteiger partial charge in [-0.25, -0.2) is 8.42 Å². The molecule has 1 amide bonds. The SMILES string of the molecule is C[C@@H]1CN(CCC(C)(C(=O)NCc2ccc(Cl)c(C(F)(F)F)c2)c2ccc(Cl)c(Cl)c2)CCN1S(C)(=O)=O. The van der Waals surface area contributed by atoms with Crippen molar-refractivity contribution in [3.05, 3.63) is 68.2 Å². The highest BCUT2D eigenvalue weighted by atomic mass is 35.5. The van der Waals surface area contributed by atoms with Crippen molar-refractivity contribution in [1.29, 1.82) is 0 Å². The fourth-order valence-corrected chi connectivity index (χ4v) is 6.26. The van der Waals surface area contributed by atoms with E-state index in [9.17, 15) is 26.4 Å². The lowest BCUT2D eigenvalue weighted by molar-refractivity contribution is -0.137. The van der Waals surface area contributed by atoms with Crippen molar-refractivity contribution in [2.75, 3.05) is 32.4 Å². The van der Waals surface area contributed by atoms with Gasteiger partial charge < -0.3 is 10.2 Å². The Balaban J connectivity index is 1.80. The van der Waals surface area contributed by atoms with E-state index in [0.29, 0.717) is 43.2 Å². The largest absolute Gasteiger partial charge is 0.417 e. The number of hydrogen-bond acceptors (Lipinski definition) is 4. The summed E-state index contributed by atoms with van der Waals surface area (Å²) in [7, 11) is -3.32. The normalized spacial score (nSPS) is 19.2. The number of rotatable bonds is 8. The second kappa shape index (κ2) is 11.9. The van der Waals surface area contributed by atoms with Gasteiger partial charge in [0.15, 0.2) is 0 Å². The van der Waals surface area contributed by atoms with Crippen LogP contribution in [0.4, 0.5) is 13.2 Å². The van der Waals surface area contributed by atoms with E-state index in [2.05, 4.69) is 10.2 Å². The third-order valence-electron chi connectivity index (χ3n) is 6.85. The van der Waals surface area contributed by atoms with E-state index < -0.39 is 38.1 Å². The van der Waals surface area contributed by atoms with Crippen LogP contribution in [0.5, 0.6) is 0 Å². The lowest BCUT2D eigenvalue weighted by atomic mass is 9.78. The summed E-state index contributed by atoms with van der Waals surface area (Å²) in [6, 6.07) is 8.17. The Morgan fingerprint density at radius 2 is 1.71 bits per heavy atom. The molecule has 0 bridgehead atoms. The first kappa shape index (κ1) is 31.0. The number of halogens is 6. The van der Waals surface area contributed by atoms with Crippen molar-refractivity contribution in [2.24, 2.45) is 0 Å². The van der Waals surface area contributed by atoms with Gasteiger partial charge in [0, 0.05) is 32.2 Å². The van der Waals surface area contributed by atoms with E-state index in [4.69, 9.17) is 34.8 Å². The molecule has 6 nitrogen and oxygen atoms in total. The molecular weight excluding hydrogens is 586 g/mol. The predicted octanol–water partition coefficient (Wildman–Crippen LogP) is 5.60. The molecule has 0 saturated carbocycles. The van der Waals surface area contributed by atoms with Crippen LogP contribution in [0.1, 0.15) is 37.0 Å². The zero-order chi connectivity index (χ0) is 28.5. The van der Waals surface area contributed by atoms with Gasteiger partial charge in [-0.2, -0.15) is 17.5 Å². The van der Waals surface area contributed by atoms with Gasteiger partial charge in [0.1, 0.15) is 0 Å². The first-order chi connectivity index (χ1) is 17.5. The average Bonchev–Trinajstić information content (AvgIpc) is 2.82. The molecule has 38 heavy (non-hydrogen) atoms. The molecule has 1 aliphatic rings. The number of nitrogens with zero attached hydrogens (tertiary/aromatic N) is 2. The van der Waals surface area contributed by atoms with Crippen LogP contribution in [0.2, 0.25) is 15.1 Å². The highest BCUT2D eigenvalue weighted by molar-refractivity contribution is 7.88. The zero-order valence-corrected chi connectivity index (χ0v) is 24.2. The Morgan fingerprint density at radius 3 is 2.29 bits per heavy atom. The number of amides is 1. The second-order valence-corrected chi connectivity index (χ2v) is 12.9. The lowest BCUT2D eigenvalue weighted by Crippen LogP contribution is -2.54. The summed E-state index contributed by atoms with van der Waals surface area (Å²) < 4.78 is 65.3. The van der Waals surface area contributed by atoms with Gasteiger partial charge in [-0.3, -0.25) is 4.79 Å². The summed E-state index contributed by atoms with van der Waals surface area (Å²) in [5.74, 6) is -0.401. The monoisotopic (exact) mass is 613 g/mol. The van der Waals surface area contributed by atoms with E-state index in [1.807, 2.05) is 6.92 Å². The van der Waals surface area contributed by atoms with Crippen LogP contribution in [0.15, 0.2) is 36.4 Å². The van der Waals surface area contributed by atoms with Gasteiger partial charge in [0.25, 0.3) is 0 Å². The smallest absolute Gasteiger partial charge is 0.351 e. The molecule has 1 aliphatic heterocycles. The van der Waals surface area contributed by atoms with Gasteiger partial charge in [0.2, 0.25) is 15.9 Å². The van der Waals surface area contributed by atoms with Crippen molar-refractivity contribution in [1.82, 2.24) is 14.5 Å². The standard InChI is InChI=1S/C25H29Cl3F3N3O3S/c1-16-15-33(10-11-34(16)38(3,36)37)9-8-24(2,18-5-7-21(27)22(28)13-18)23(35)32-14-17-4-6-20(26)19(12-17)25(29,30)31/h4-7,12-13,16H,8-11,14-15H2,1-3H3,(H,32,35)/t16-,24?/m1/s1. The van der Waals surface area contributed by atoms with Crippen LogP contribution in [0.25, 0.3) is 0 Å². The molecule has 1 saturated heterocycles. The van der Waals surface area contributed by atoms with Crippen LogP contribution >= 0.6 is 34.8 Å². The maximum Gasteiger partial charge on any atom is 0.417 e. The molecule has 1 heterocycles. The van der Waals surface area contributed by atoms with Crippen molar-refractivity contribution < 1.29 is 26.4 Å². The number of piperazine rings is 1. The number of carbonyl (C=O) groups is 1. The summed E-state index contributed by atoms with van der Waals surface area (Å²) in [5.41, 5.74) is -1.23. The minimum Gasteiger partial charge on any atom is -0.351 e. The molecule has 13 heteroatoms. The third kappa shape index (κ3) is 7.34. The van der Waals surface area contributed by atoms with Gasteiger partial charge >= 0.3 is 6.18 Å². The molecule has 0 aliphatic carbocycles. The summed E-state index contributed by atoms with van der Waals surface area (Å²) >= 11 is 18.0. The molecule has 2 aromatic carbocycles. The van der Waals surface area contributed by atoms with Crippen LogP contribution in [-0.2, 0) is 33.0 Å².